The average molecular weight is 562 g/mol. The molecular weight excluding hydrogens is 539 g/mol. The molecule has 10 aromatic rings. The van der Waals surface area contributed by atoms with Gasteiger partial charge in [0.15, 0.2) is 0 Å². The summed E-state index contributed by atoms with van der Waals surface area (Å²) < 4.78 is 2.52. The summed E-state index contributed by atoms with van der Waals surface area (Å²) in [6.45, 7) is 0. The second kappa shape index (κ2) is 8.61. The van der Waals surface area contributed by atoms with Gasteiger partial charge in [0.2, 0.25) is 0 Å². The van der Waals surface area contributed by atoms with E-state index >= 15 is 0 Å². The van der Waals surface area contributed by atoms with E-state index in [4.69, 9.17) is 4.98 Å². The van der Waals surface area contributed by atoms with E-state index in [9.17, 15) is 0 Å². The Hall–Kier alpha value is -5.31. The van der Waals surface area contributed by atoms with Gasteiger partial charge in [-0.25, -0.2) is 4.98 Å². The summed E-state index contributed by atoms with van der Waals surface area (Å²) >= 11 is 1.86. The Labute approximate surface area is 251 Å². The fraction of sp³-hybridized carbons (Fsp3) is 0. The molecule has 0 bridgehead atoms. The van der Waals surface area contributed by atoms with Gasteiger partial charge in [0, 0.05) is 21.0 Å². The highest BCUT2D eigenvalue weighted by Crippen LogP contribution is 2.48. The maximum atomic E-state index is 5.32. The van der Waals surface area contributed by atoms with Gasteiger partial charge in [0.1, 0.15) is 0 Å². The number of hydrogen-bond donors (Lipinski definition) is 0. The Balaban J connectivity index is 1.45. The summed E-state index contributed by atoms with van der Waals surface area (Å²) in [4.78, 5) is 5.32. The van der Waals surface area contributed by atoms with Gasteiger partial charge in [0.05, 0.1) is 15.7 Å². The van der Waals surface area contributed by atoms with E-state index in [1.165, 1.54) is 85.2 Å². The number of aromatic nitrogens is 1. The van der Waals surface area contributed by atoms with Gasteiger partial charge < -0.3 is 0 Å². The lowest BCUT2D eigenvalue weighted by molar-refractivity contribution is 1.54. The van der Waals surface area contributed by atoms with E-state index in [1.54, 1.807) is 0 Å². The minimum atomic E-state index is 1.04. The van der Waals surface area contributed by atoms with Crippen molar-refractivity contribution in [2.45, 2.75) is 0 Å². The molecule has 0 atom stereocenters. The molecule has 0 aliphatic heterocycles. The monoisotopic (exact) mass is 561 g/mol. The van der Waals surface area contributed by atoms with E-state index in [2.05, 4.69) is 140 Å². The molecule has 198 valence electrons. The van der Waals surface area contributed by atoms with Crippen molar-refractivity contribution >= 4 is 96.4 Å². The summed E-state index contributed by atoms with van der Waals surface area (Å²) in [6, 6.07) is 51.1. The van der Waals surface area contributed by atoms with Gasteiger partial charge in [0.25, 0.3) is 0 Å². The Bertz CT molecular complexity index is 2750. The van der Waals surface area contributed by atoms with E-state index in [-0.39, 0.29) is 0 Å². The predicted octanol–water partition coefficient (Wildman–Crippen LogP) is 12.0. The highest BCUT2D eigenvalue weighted by atomic mass is 32.1. The molecule has 8 aromatic carbocycles. The van der Waals surface area contributed by atoms with E-state index < -0.39 is 0 Å². The van der Waals surface area contributed by atoms with Crippen LogP contribution in [0, 0.1) is 0 Å². The molecular formula is C41H23NS. The van der Waals surface area contributed by atoms with Crippen LogP contribution in [0.25, 0.3) is 96.2 Å². The molecule has 0 saturated carbocycles. The molecule has 0 fully saturated rings. The topological polar surface area (TPSA) is 12.9 Å². The third kappa shape index (κ3) is 3.13. The fourth-order valence-electron chi connectivity index (χ4n) is 7.40. The predicted molar refractivity (Wildman–Crippen MR) is 188 cm³/mol. The summed E-state index contributed by atoms with van der Waals surface area (Å²) in [6.07, 6.45) is 0. The van der Waals surface area contributed by atoms with Crippen LogP contribution in [-0.2, 0) is 0 Å². The fourth-order valence-corrected chi connectivity index (χ4v) is 8.61. The van der Waals surface area contributed by atoms with Crippen LogP contribution in [0.3, 0.4) is 0 Å². The number of rotatable bonds is 1. The third-order valence-corrected chi connectivity index (χ3v) is 10.4. The molecule has 0 aliphatic carbocycles. The summed E-state index contributed by atoms with van der Waals surface area (Å²) in [5.74, 6) is 0. The third-order valence-electron chi connectivity index (χ3n) is 9.22. The van der Waals surface area contributed by atoms with Crippen LogP contribution < -0.4 is 0 Å². The largest absolute Gasteiger partial charge is 0.246 e. The molecule has 2 heterocycles. The first-order valence-corrected chi connectivity index (χ1v) is 15.5. The Morgan fingerprint density at radius 1 is 0.395 bits per heavy atom. The summed E-state index contributed by atoms with van der Waals surface area (Å²) in [5.41, 5.74) is 4.68. The van der Waals surface area contributed by atoms with Crippen LogP contribution in [0.5, 0.6) is 0 Å². The van der Waals surface area contributed by atoms with Crippen molar-refractivity contribution in [3.05, 3.63) is 140 Å². The minimum Gasteiger partial charge on any atom is -0.246 e. The van der Waals surface area contributed by atoms with Crippen molar-refractivity contribution in [2.75, 3.05) is 0 Å². The maximum Gasteiger partial charge on any atom is 0.0902 e. The van der Waals surface area contributed by atoms with Gasteiger partial charge in [-0.1, -0.05) is 127 Å². The van der Waals surface area contributed by atoms with Crippen LogP contribution in [0.15, 0.2) is 140 Å². The molecule has 1 nitrogen and oxygen atoms in total. The first-order chi connectivity index (χ1) is 21.3. The highest BCUT2D eigenvalue weighted by molar-refractivity contribution is 7.26. The second-order valence-corrected chi connectivity index (χ2v) is 12.5. The van der Waals surface area contributed by atoms with Crippen molar-refractivity contribution in [3.8, 4) is 11.1 Å². The zero-order chi connectivity index (χ0) is 28.1. The molecule has 0 aliphatic rings. The molecule has 43 heavy (non-hydrogen) atoms. The standard InChI is InChI=1S/C41H23NS/c1-2-11-25-24(10-1)20-23-35-38(25)39(41-40(42-35)34-16-7-8-19-36(34)43-41)32-18-9-17-31-29(32)21-22-33-28-14-4-3-12-26(28)27-13-5-6-15-30(27)37(31)33/h1-23H. The first-order valence-electron chi connectivity index (χ1n) is 14.7. The summed E-state index contributed by atoms with van der Waals surface area (Å²) in [7, 11) is 0. The highest BCUT2D eigenvalue weighted by Gasteiger charge is 2.20. The maximum absolute atomic E-state index is 5.32. The Kier molecular flexibility index (Phi) is 4.66. The molecule has 2 heteroatoms. The SMILES string of the molecule is c1ccc2c(c1)ccc1nc3c(sc4ccccc43)c(-c3cccc4c3ccc3c5ccccc5c5ccccc5c43)c12. The number of benzene rings is 8. The zero-order valence-electron chi connectivity index (χ0n) is 23.1. The van der Waals surface area contributed by atoms with Crippen LogP contribution in [0.1, 0.15) is 0 Å². The summed E-state index contributed by atoms with van der Waals surface area (Å²) in [5, 5.41) is 15.3. The second-order valence-electron chi connectivity index (χ2n) is 11.4. The van der Waals surface area contributed by atoms with Crippen LogP contribution in [0.4, 0.5) is 0 Å². The number of nitrogens with zero attached hydrogens (tertiary/aromatic N) is 1. The average Bonchev–Trinajstić information content (AvgIpc) is 3.45. The van der Waals surface area contributed by atoms with Gasteiger partial charge in [-0.3, -0.25) is 0 Å². The zero-order valence-corrected chi connectivity index (χ0v) is 24.0. The lowest BCUT2D eigenvalue weighted by Crippen LogP contribution is -1.91. The molecule has 0 amide bonds. The molecule has 0 spiro atoms. The van der Waals surface area contributed by atoms with Crippen LogP contribution in [0.2, 0.25) is 0 Å². The van der Waals surface area contributed by atoms with Gasteiger partial charge in [-0.2, -0.15) is 0 Å². The van der Waals surface area contributed by atoms with E-state index in [1.807, 2.05) is 11.3 Å². The number of pyridine rings is 1. The molecule has 10 rings (SSSR count). The van der Waals surface area contributed by atoms with Crippen molar-refractivity contribution in [1.82, 2.24) is 4.98 Å². The van der Waals surface area contributed by atoms with Crippen LogP contribution >= 0.6 is 11.3 Å². The van der Waals surface area contributed by atoms with Gasteiger partial charge in [-0.15, -0.1) is 11.3 Å². The van der Waals surface area contributed by atoms with Crippen molar-refractivity contribution < 1.29 is 0 Å². The Morgan fingerprint density at radius 3 is 1.79 bits per heavy atom. The molecule has 0 saturated heterocycles. The lowest BCUT2D eigenvalue weighted by Gasteiger charge is -2.16. The molecule has 0 unspecified atom stereocenters. The molecule has 2 aromatic heterocycles. The van der Waals surface area contributed by atoms with Crippen LogP contribution in [-0.4, -0.2) is 4.98 Å². The number of fused-ring (bicyclic) bond motifs is 14. The smallest absolute Gasteiger partial charge is 0.0902 e. The molecule has 0 N–H and O–H groups in total. The minimum absolute atomic E-state index is 1.04. The van der Waals surface area contributed by atoms with E-state index in [0.29, 0.717) is 0 Å². The van der Waals surface area contributed by atoms with Crippen molar-refractivity contribution in [1.29, 1.82) is 0 Å². The Morgan fingerprint density at radius 2 is 0.977 bits per heavy atom. The number of hydrogen-bond acceptors (Lipinski definition) is 2. The normalized spacial score (nSPS) is 12.2. The van der Waals surface area contributed by atoms with Crippen molar-refractivity contribution in [2.24, 2.45) is 0 Å². The number of thiophene rings is 1. The van der Waals surface area contributed by atoms with Gasteiger partial charge in [-0.05, 0) is 71.6 Å². The van der Waals surface area contributed by atoms with Gasteiger partial charge >= 0.3 is 0 Å². The quantitative estimate of drug-likeness (QED) is 0.182. The first kappa shape index (κ1) is 23.3. The van der Waals surface area contributed by atoms with E-state index in [0.717, 1.165) is 11.0 Å². The lowest BCUT2D eigenvalue weighted by atomic mass is 9.88. The molecule has 0 radical (unpaired) electrons. The van der Waals surface area contributed by atoms with Crippen molar-refractivity contribution in [3.63, 3.8) is 0 Å².